The fourth-order valence-corrected chi connectivity index (χ4v) is 4.54. The van der Waals surface area contributed by atoms with Crippen LogP contribution in [-0.4, -0.2) is 20.5 Å². The summed E-state index contributed by atoms with van der Waals surface area (Å²) in [6.07, 6.45) is 2.24. The number of oxime groups is 1. The maximum Gasteiger partial charge on any atom is 0.250 e. The van der Waals surface area contributed by atoms with Crippen LogP contribution in [0.3, 0.4) is 0 Å². The van der Waals surface area contributed by atoms with Crippen LogP contribution >= 0.6 is 27.3 Å². The second-order valence-electron chi connectivity index (χ2n) is 5.97. The van der Waals surface area contributed by atoms with E-state index >= 15 is 0 Å². The molecule has 5 nitrogen and oxygen atoms in total. The van der Waals surface area contributed by atoms with E-state index in [1.807, 2.05) is 11.6 Å². The van der Waals surface area contributed by atoms with Gasteiger partial charge in [0.25, 0.3) is 0 Å². The smallest absolute Gasteiger partial charge is 0.250 e. The molecule has 0 saturated carbocycles. The zero-order valence-electron chi connectivity index (χ0n) is 13.3. The number of nitrogens with zero attached hydrogens (tertiary/aromatic N) is 3. The van der Waals surface area contributed by atoms with Crippen LogP contribution in [0.4, 0.5) is 0 Å². The van der Waals surface area contributed by atoms with Crippen LogP contribution in [0.25, 0.3) is 11.3 Å². The summed E-state index contributed by atoms with van der Waals surface area (Å²) < 4.78 is 2.50. The van der Waals surface area contributed by atoms with Gasteiger partial charge in [-0.1, -0.05) is 27.2 Å². The second-order valence-corrected chi connectivity index (χ2v) is 7.77. The summed E-state index contributed by atoms with van der Waals surface area (Å²) >= 11 is 5.14. The molecule has 1 aliphatic rings. The number of benzene rings is 1. The van der Waals surface area contributed by atoms with Crippen LogP contribution in [0.1, 0.15) is 28.3 Å². The van der Waals surface area contributed by atoms with Gasteiger partial charge in [-0.25, -0.2) is 4.98 Å². The molecule has 0 spiro atoms. The number of fused-ring (bicyclic) bond motifs is 3. The molecule has 126 valence electrons. The van der Waals surface area contributed by atoms with Crippen LogP contribution in [0.5, 0.6) is 0 Å². The van der Waals surface area contributed by atoms with Gasteiger partial charge in [0.2, 0.25) is 5.56 Å². The number of aromatic nitrogens is 2. The van der Waals surface area contributed by atoms with Crippen molar-refractivity contribution in [3.8, 4) is 11.3 Å². The van der Waals surface area contributed by atoms with Crippen molar-refractivity contribution in [2.24, 2.45) is 12.2 Å². The molecule has 1 atom stereocenters. The molecule has 0 saturated heterocycles. The summed E-state index contributed by atoms with van der Waals surface area (Å²) in [5.41, 5.74) is 6.35. The highest BCUT2D eigenvalue weighted by Crippen LogP contribution is 2.48. The highest BCUT2D eigenvalue weighted by molar-refractivity contribution is 9.10. The van der Waals surface area contributed by atoms with Gasteiger partial charge in [0.1, 0.15) is 0 Å². The molecule has 0 aliphatic heterocycles. The maximum absolute atomic E-state index is 11.6. The summed E-state index contributed by atoms with van der Waals surface area (Å²) in [6.45, 7) is 0. The number of halogens is 1. The Morgan fingerprint density at radius 2 is 2.24 bits per heavy atom. The molecule has 3 aromatic rings. The summed E-state index contributed by atoms with van der Waals surface area (Å²) in [7, 11) is 1.69. The number of hydrogen-bond acceptors (Lipinski definition) is 5. The average molecular weight is 416 g/mol. The van der Waals surface area contributed by atoms with Gasteiger partial charge in [-0.3, -0.25) is 4.79 Å². The fraction of sp³-hybridized carbons (Fsp3) is 0.167. The van der Waals surface area contributed by atoms with Crippen LogP contribution in [0.2, 0.25) is 0 Å². The monoisotopic (exact) mass is 415 g/mol. The van der Waals surface area contributed by atoms with Gasteiger partial charge in [0.05, 0.1) is 16.9 Å². The molecule has 25 heavy (non-hydrogen) atoms. The Kier molecular flexibility index (Phi) is 4.05. The number of hydrogen-bond donors (Lipinski definition) is 1. The summed E-state index contributed by atoms with van der Waals surface area (Å²) in [4.78, 5) is 17.3. The minimum atomic E-state index is -0.0955. The predicted octanol–water partition coefficient (Wildman–Crippen LogP) is 3.99. The molecule has 1 unspecified atom stereocenters. The topological polar surface area (TPSA) is 67.5 Å². The first-order valence-electron chi connectivity index (χ1n) is 7.69. The number of aryl methyl sites for hydroxylation is 1. The van der Waals surface area contributed by atoms with Crippen molar-refractivity contribution in [3.63, 3.8) is 0 Å². The number of pyridine rings is 1. The average Bonchev–Trinajstić information content (AvgIpc) is 3.17. The van der Waals surface area contributed by atoms with Gasteiger partial charge in [0.15, 0.2) is 0 Å². The molecule has 1 aromatic carbocycles. The molecule has 0 radical (unpaired) electrons. The molecule has 2 aromatic heterocycles. The first-order chi connectivity index (χ1) is 12.1. The molecule has 0 bridgehead atoms. The Labute approximate surface area is 156 Å². The van der Waals surface area contributed by atoms with Gasteiger partial charge in [-0.2, -0.15) is 0 Å². The van der Waals surface area contributed by atoms with Crippen molar-refractivity contribution in [3.05, 3.63) is 72.9 Å². The second kappa shape index (κ2) is 6.24. The Balaban J connectivity index is 1.75. The lowest BCUT2D eigenvalue weighted by atomic mass is 9.93. The molecule has 7 heteroatoms. The molecule has 4 rings (SSSR count). The van der Waals surface area contributed by atoms with E-state index in [0.29, 0.717) is 12.1 Å². The third-order valence-corrected chi connectivity index (χ3v) is 5.93. The normalized spacial score (nSPS) is 15.9. The number of rotatable bonds is 3. The highest BCUT2D eigenvalue weighted by atomic mass is 79.9. The van der Waals surface area contributed by atoms with Crippen LogP contribution in [0, 0.1) is 0 Å². The Morgan fingerprint density at radius 3 is 3.00 bits per heavy atom. The van der Waals surface area contributed by atoms with Crippen molar-refractivity contribution in [2.45, 2.75) is 12.3 Å². The fourth-order valence-electron chi connectivity index (χ4n) is 3.26. The van der Waals surface area contributed by atoms with Crippen molar-refractivity contribution >= 4 is 33.0 Å². The van der Waals surface area contributed by atoms with Crippen molar-refractivity contribution in [1.82, 2.24) is 9.55 Å². The van der Waals surface area contributed by atoms with E-state index in [1.165, 1.54) is 21.1 Å². The lowest BCUT2D eigenvalue weighted by molar-refractivity contribution is 0.317. The Hall–Kier alpha value is -2.25. The minimum absolute atomic E-state index is 0.0914. The Morgan fingerprint density at radius 1 is 1.40 bits per heavy atom. The van der Waals surface area contributed by atoms with Crippen molar-refractivity contribution < 1.29 is 5.21 Å². The molecular weight excluding hydrogens is 402 g/mol. The van der Waals surface area contributed by atoms with Gasteiger partial charge in [0, 0.05) is 52.1 Å². The van der Waals surface area contributed by atoms with Crippen molar-refractivity contribution in [1.29, 1.82) is 0 Å². The van der Waals surface area contributed by atoms with Gasteiger partial charge >= 0.3 is 0 Å². The zero-order valence-corrected chi connectivity index (χ0v) is 15.7. The van der Waals surface area contributed by atoms with Crippen LogP contribution in [0.15, 0.2) is 56.5 Å². The first-order valence-corrected chi connectivity index (χ1v) is 9.37. The lowest BCUT2D eigenvalue weighted by Gasteiger charge is -2.14. The van der Waals surface area contributed by atoms with Gasteiger partial charge < -0.3 is 9.77 Å². The van der Waals surface area contributed by atoms with E-state index < -0.39 is 0 Å². The SMILES string of the molecule is Cn1cc(/C(CC2c3ccc(Br)cc3-c3ncsc32)=N/O)ccc1=O. The summed E-state index contributed by atoms with van der Waals surface area (Å²) in [6, 6.07) is 9.37. The highest BCUT2D eigenvalue weighted by Gasteiger charge is 2.32. The maximum atomic E-state index is 11.6. The van der Waals surface area contributed by atoms with E-state index in [-0.39, 0.29) is 11.5 Å². The van der Waals surface area contributed by atoms with Crippen LogP contribution < -0.4 is 5.56 Å². The van der Waals surface area contributed by atoms with E-state index in [4.69, 9.17) is 0 Å². The van der Waals surface area contributed by atoms with Crippen molar-refractivity contribution in [2.75, 3.05) is 0 Å². The molecule has 0 amide bonds. The molecular formula is C18H14BrN3O2S. The Bertz CT molecular complexity index is 1050. The molecule has 1 aliphatic carbocycles. The summed E-state index contributed by atoms with van der Waals surface area (Å²) in [5, 5.41) is 13.1. The van der Waals surface area contributed by atoms with Crippen LogP contribution in [-0.2, 0) is 7.05 Å². The lowest BCUT2D eigenvalue weighted by Crippen LogP contribution is -2.17. The quantitative estimate of drug-likeness (QED) is 0.399. The third kappa shape index (κ3) is 2.73. The standard InChI is InChI=1S/C18H14BrN3O2S/c1-22-8-10(2-5-16(22)23)15(21-24)7-14-12-4-3-11(19)6-13(12)17-18(14)25-9-20-17/h2-6,8-9,14,24H,7H2,1H3/b21-15+. The van der Waals surface area contributed by atoms with E-state index in [2.05, 4.69) is 38.2 Å². The number of thiazole rings is 1. The largest absolute Gasteiger partial charge is 0.411 e. The third-order valence-electron chi connectivity index (χ3n) is 4.49. The van der Waals surface area contributed by atoms with E-state index in [1.54, 1.807) is 30.6 Å². The first kappa shape index (κ1) is 16.2. The molecule has 1 N–H and O–H groups in total. The molecule has 0 fully saturated rings. The minimum Gasteiger partial charge on any atom is -0.411 e. The zero-order chi connectivity index (χ0) is 17.6. The summed E-state index contributed by atoms with van der Waals surface area (Å²) in [5.74, 6) is 0.0914. The predicted molar refractivity (Wildman–Crippen MR) is 102 cm³/mol. The van der Waals surface area contributed by atoms with Gasteiger partial charge in [-0.15, -0.1) is 11.3 Å². The molecule has 2 heterocycles. The van der Waals surface area contributed by atoms with Gasteiger partial charge in [-0.05, 0) is 23.8 Å². The van der Waals surface area contributed by atoms with E-state index in [9.17, 15) is 10.0 Å². The van der Waals surface area contributed by atoms with E-state index in [0.717, 1.165) is 21.3 Å².